The van der Waals surface area contributed by atoms with E-state index in [1.165, 1.54) is 5.56 Å². The van der Waals surface area contributed by atoms with Gasteiger partial charge in [0.2, 0.25) is 0 Å². The summed E-state index contributed by atoms with van der Waals surface area (Å²) in [5, 5.41) is 13.5. The first-order valence-corrected chi connectivity index (χ1v) is 7.68. The van der Waals surface area contributed by atoms with Crippen molar-refractivity contribution in [1.29, 1.82) is 0 Å². The number of rotatable bonds is 5. The van der Waals surface area contributed by atoms with Gasteiger partial charge < -0.3 is 15.3 Å². The Hall–Kier alpha value is -1.13. The Morgan fingerprint density at radius 1 is 1.40 bits per heavy atom. The van der Waals surface area contributed by atoms with E-state index in [9.17, 15) is 5.11 Å². The van der Waals surface area contributed by atoms with Crippen molar-refractivity contribution < 1.29 is 5.11 Å². The minimum atomic E-state index is -0.505. The van der Waals surface area contributed by atoms with E-state index in [0.29, 0.717) is 6.04 Å². The first kappa shape index (κ1) is 15.3. The fourth-order valence-corrected chi connectivity index (χ4v) is 2.54. The second-order valence-corrected chi connectivity index (χ2v) is 6.11. The Kier molecular flexibility index (Phi) is 5.00. The SMILES string of the molecule is CCCNC(C)c1ccc(N2CCC(C)(O)CC2)nc1. The molecule has 0 bridgehead atoms. The molecule has 4 nitrogen and oxygen atoms in total. The summed E-state index contributed by atoms with van der Waals surface area (Å²) in [5.41, 5.74) is 0.723. The van der Waals surface area contributed by atoms with Gasteiger partial charge >= 0.3 is 0 Å². The number of anilines is 1. The molecular formula is C16H27N3O. The highest BCUT2D eigenvalue weighted by molar-refractivity contribution is 5.40. The predicted molar refractivity (Wildman–Crippen MR) is 83.0 cm³/mol. The van der Waals surface area contributed by atoms with E-state index in [0.717, 1.165) is 44.7 Å². The van der Waals surface area contributed by atoms with Crippen molar-refractivity contribution in [3.05, 3.63) is 23.9 Å². The van der Waals surface area contributed by atoms with Crippen LogP contribution in [0.2, 0.25) is 0 Å². The molecule has 1 aromatic heterocycles. The van der Waals surface area contributed by atoms with E-state index in [4.69, 9.17) is 0 Å². The van der Waals surface area contributed by atoms with E-state index in [1.54, 1.807) is 0 Å². The lowest BCUT2D eigenvalue weighted by Gasteiger charge is -2.36. The van der Waals surface area contributed by atoms with Crippen LogP contribution in [0.5, 0.6) is 0 Å². The van der Waals surface area contributed by atoms with Crippen molar-refractivity contribution in [1.82, 2.24) is 10.3 Å². The summed E-state index contributed by atoms with van der Waals surface area (Å²) in [6.45, 7) is 9.05. The normalized spacial score (nSPS) is 19.9. The van der Waals surface area contributed by atoms with Gasteiger partial charge in [-0.3, -0.25) is 0 Å². The molecule has 20 heavy (non-hydrogen) atoms. The molecule has 1 aromatic rings. The zero-order valence-corrected chi connectivity index (χ0v) is 12.9. The van der Waals surface area contributed by atoms with Crippen molar-refractivity contribution in [2.75, 3.05) is 24.5 Å². The maximum Gasteiger partial charge on any atom is 0.128 e. The fraction of sp³-hybridized carbons (Fsp3) is 0.688. The van der Waals surface area contributed by atoms with Gasteiger partial charge in [-0.05, 0) is 51.3 Å². The lowest BCUT2D eigenvalue weighted by Crippen LogP contribution is -2.42. The van der Waals surface area contributed by atoms with Crippen molar-refractivity contribution >= 4 is 5.82 Å². The average Bonchev–Trinajstić information content (AvgIpc) is 2.45. The van der Waals surface area contributed by atoms with Gasteiger partial charge in [0.05, 0.1) is 5.60 Å². The highest BCUT2D eigenvalue weighted by Crippen LogP contribution is 2.25. The summed E-state index contributed by atoms with van der Waals surface area (Å²) in [6.07, 6.45) is 4.73. The molecule has 0 radical (unpaired) electrons. The average molecular weight is 277 g/mol. The molecule has 1 fully saturated rings. The molecule has 0 spiro atoms. The van der Waals surface area contributed by atoms with Gasteiger partial charge in [0.15, 0.2) is 0 Å². The number of nitrogens with one attached hydrogen (secondary N) is 1. The van der Waals surface area contributed by atoms with Crippen LogP contribution in [0.15, 0.2) is 18.3 Å². The van der Waals surface area contributed by atoms with Gasteiger partial charge in [-0.1, -0.05) is 13.0 Å². The molecule has 2 N–H and O–H groups in total. The van der Waals surface area contributed by atoms with Crippen molar-refractivity contribution in [2.45, 2.75) is 51.7 Å². The summed E-state index contributed by atoms with van der Waals surface area (Å²) in [4.78, 5) is 6.84. The van der Waals surface area contributed by atoms with Crippen molar-refractivity contribution in [2.24, 2.45) is 0 Å². The third-order valence-electron chi connectivity index (χ3n) is 4.14. The molecule has 2 heterocycles. The Balaban J connectivity index is 1.95. The van der Waals surface area contributed by atoms with Gasteiger partial charge in [0.25, 0.3) is 0 Å². The zero-order valence-electron chi connectivity index (χ0n) is 12.9. The summed E-state index contributed by atoms with van der Waals surface area (Å²) < 4.78 is 0. The van der Waals surface area contributed by atoms with Crippen LogP contribution >= 0.6 is 0 Å². The molecule has 112 valence electrons. The van der Waals surface area contributed by atoms with E-state index in [2.05, 4.69) is 41.2 Å². The first-order chi connectivity index (χ1) is 9.52. The maximum absolute atomic E-state index is 9.98. The Morgan fingerprint density at radius 2 is 2.10 bits per heavy atom. The first-order valence-electron chi connectivity index (χ1n) is 7.68. The molecule has 1 aliphatic rings. The summed E-state index contributed by atoms with van der Waals surface area (Å²) in [7, 11) is 0. The molecule has 1 aliphatic heterocycles. The number of aliphatic hydroxyl groups is 1. The van der Waals surface area contributed by atoms with Crippen LogP contribution in [0.25, 0.3) is 0 Å². The molecule has 0 aliphatic carbocycles. The number of hydrogen-bond acceptors (Lipinski definition) is 4. The quantitative estimate of drug-likeness (QED) is 0.868. The molecule has 0 aromatic carbocycles. The van der Waals surface area contributed by atoms with Crippen molar-refractivity contribution in [3.63, 3.8) is 0 Å². The standard InChI is InChI=1S/C16H27N3O/c1-4-9-17-13(2)14-5-6-15(18-12-14)19-10-7-16(3,20)8-11-19/h5-6,12-13,17,20H,4,7-11H2,1-3H3. The Morgan fingerprint density at radius 3 is 2.65 bits per heavy atom. The molecule has 0 saturated carbocycles. The lowest BCUT2D eigenvalue weighted by atomic mass is 9.94. The topological polar surface area (TPSA) is 48.4 Å². The van der Waals surface area contributed by atoms with Crippen LogP contribution in [-0.2, 0) is 0 Å². The molecular weight excluding hydrogens is 250 g/mol. The van der Waals surface area contributed by atoms with Crippen LogP contribution in [-0.4, -0.2) is 35.3 Å². The van der Waals surface area contributed by atoms with E-state index >= 15 is 0 Å². The third kappa shape index (κ3) is 3.93. The van der Waals surface area contributed by atoms with Crippen LogP contribution in [0.3, 0.4) is 0 Å². The predicted octanol–water partition coefficient (Wildman–Crippen LogP) is 2.49. The Bertz CT molecular complexity index is 406. The maximum atomic E-state index is 9.98. The largest absolute Gasteiger partial charge is 0.390 e. The van der Waals surface area contributed by atoms with Gasteiger partial charge in [-0.25, -0.2) is 4.98 Å². The highest BCUT2D eigenvalue weighted by Gasteiger charge is 2.27. The van der Waals surface area contributed by atoms with Gasteiger partial charge in [-0.15, -0.1) is 0 Å². The minimum absolute atomic E-state index is 0.346. The molecule has 2 rings (SSSR count). The molecule has 1 unspecified atom stereocenters. The third-order valence-corrected chi connectivity index (χ3v) is 4.14. The summed E-state index contributed by atoms with van der Waals surface area (Å²) in [5.74, 6) is 1.02. The number of hydrogen-bond donors (Lipinski definition) is 2. The fourth-order valence-electron chi connectivity index (χ4n) is 2.54. The minimum Gasteiger partial charge on any atom is -0.390 e. The van der Waals surface area contributed by atoms with Crippen LogP contribution < -0.4 is 10.2 Å². The van der Waals surface area contributed by atoms with Crippen molar-refractivity contribution in [3.8, 4) is 0 Å². The summed E-state index contributed by atoms with van der Waals surface area (Å²) >= 11 is 0. The molecule has 1 saturated heterocycles. The van der Waals surface area contributed by atoms with E-state index in [1.807, 2.05) is 13.1 Å². The van der Waals surface area contributed by atoms with Crippen LogP contribution in [0, 0.1) is 0 Å². The number of aromatic nitrogens is 1. The molecule has 4 heteroatoms. The smallest absolute Gasteiger partial charge is 0.128 e. The second-order valence-electron chi connectivity index (χ2n) is 6.11. The molecule has 1 atom stereocenters. The van der Waals surface area contributed by atoms with Crippen LogP contribution in [0.4, 0.5) is 5.82 Å². The number of piperidine rings is 1. The van der Waals surface area contributed by atoms with E-state index in [-0.39, 0.29) is 0 Å². The highest BCUT2D eigenvalue weighted by atomic mass is 16.3. The second kappa shape index (κ2) is 6.55. The van der Waals surface area contributed by atoms with E-state index < -0.39 is 5.60 Å². The lowest BCUT2D eigenvalue weighted by molar-refractivity contribution is 0.0350. The number of pyridine rings is 1. The van der Waals surface area contributed by atoms with Crippen LogP contribution in [0.1, 0.15) is 51.6 Å². The number of nitrogens with zero attached hydrogens (tertiary/aromatic N) is 2. The molecule has 0 amide bonds. The van der Waals surface area contributed by atoms with Gasteiger partial charge in [0.1, 0.15) is 5.82 Å². The van der Waals surface area contributed by atoms with Gasteiger partial charge in [-0.2, -0.15) is 0 Å². The summed E-state index contributed by atoms with van der Waals surface area (Å²) in [6, 6.07) is 4.60. The van der Waals surface area contributed by atoms with Gasteiger partial charge in [0, 0.05) is 25.3 Å². The Labute approximate surface area is 122 Å². The zero-order chi connectivity index (χ0) is 14.6. The monoisotopic (exact) mass is 277 g/mol.